The lowest BCUT2D eigenvalue weighted by atomic mass is 10.1. The van der Waals surface area contributed by atoms with Crippen LogP contribution in [0.15, 0.2) is 36.9 Å². The second-order valence-corrected chi connectivity index (χ2v) is 4.70. The van der Waals surface area contributed by atoms with Gasteiger partial charge in [0.25, 0.3) is 0 Å². The smallest absolute Gasteiger partial charge is 0.122 e. The molecule has 0 heterocycles. The first-order valence-corrected chi connectivity index (χ1v) is 7.20. The Morgan fingerprint density at radius 2 is 1.94 bits per heavy atom. The molecule has 1 aromatic carbocycles. The van der Waals surface area contributed by atoms with Gasteiger partial charge in [-0.3, -0.25) is 0 Å². The summed E-state index contributed by atoms with van der Waals surface area (Å²) >= 11 is 0. The van der Waals surface area contributed by atoms with E-state index in [1.807, 2.05) is 6.08 Å². The standard InChI is InChI=1S/C17H26O/c1-3-5-7-8-9-12-16-13-10-11-14-17(16)18-15-6-4-2/h3,10-11,13-14H,1,4-9,12,15H2,2H3. The third-order valence-corrected chi connectivity index (χ3v) is 3.08. The number of benzene rings is 1. The molecule has 0 radical (unpaired) electrons. The average Bonchev–Trinajstić information content (AvgIpc) is 2.40. The first kappa shape index (κ1) is 14.8. The van der Waals surface area contributed by atoms with Gasteiger partial charge in [0.15, 0.2) is 0 Å². The molecule has 0 bridgehead atoms. The topological polar surface area (TPSA) is 9.23 Å². The Bertz CT molecular complexity index is 330. The minimum atomic E-state index is 0.837. The summed E-state index contributed by atoms with van der Waals surface area (Å²) in [4.78, 5) is 0. The summed E-state index contributed by atoms with van der Waals surface area (Å²) in [5, 5.41) is 0. The predicted octanol–water partition coefficient (Wildman–Crippen LogP) is 5.15. The summed E-state index contributed by atoms with van der Waals surface area (Å²) in [7, 11) is 0. The van der Waals surface area contributed by atoms with Crippen molar-refractivity contribution in [1.82, 2.24) is 0 Å². The van der Waals surface area contributed by atoms with Crippen molar-refractivity contribution in [1.29, 1.82) is 0 Å². The maximum absolute atomic E-state index is 5.84. The van der Waals surface area contributed by atoms with Gasteiger partial charge in [-0.15, -0.1) is 6.58 Å². The van der Waals surface area contributed by atoms with Crippen LogP contribution < -0.4 is 4.74 Å². The molecule has 0 N–H and O–H groups in total. The molecule has 1 rings (SSSR count). The molecule has 1 heteroatoms. The zero-order chi connectivity index (χ0) is 13.1. The quantitative estimate of drug-likeness (QED) is 0.409. The van der Waals surface area contributed by atoms with Crippen molar-refractivity contribution in [3.05, 3.63) is 42.5 Å². The number of hydrogen-bond acceptors (Lipinski definition) is 1. The van der Waals surface area contributed by atoms with Crippen LogP contribution in [0.3, 0.4) is 0 Å². The number of aryl methyl sites for hydroxylation is 1. The molecule has 1 nitrogen and oxygen atoms in total. The Labute approximate surface area is 112 Å². The van der Waals surface area contributed by atoms with Crippen LogP contribution in [0.2, 0.25) is 0 Å². The van der Waals surface area contributed by atoms with E-state index in [1.165, 1.54) is 31.2 Å². The second kappa shape index (κ2) is 9.76. The van der Waals surface area contributed by atoms with E-state index in [0.717, 1.165) is 31.6 Å². The van der Waals surface area contributed by atoms with Crippen LogP contribution in [-0.2, 0) is 6.42 Å². The summed E-state index contributed by atoms with van der Waals surface area (Å²) in [6.45, 7) is 6.78. The van der Waals surface area contributed by atoms with E-state index in [9.17, 15) is 0 Å². The maximum Gasteiger partial charge on any atom is 0.122 e. The molecular formula is C17H26O. The van der Waals surface area contributed by atoms with Gasteiger partial charge in [-0.2, -0.15) is 0 Å². The minimum absolute atomic E-state index is 0.837. The molecule has 0 atom stereocenters. The Morgan fingerprint density at radius 1 is 1.11 bits per heavy atom. The highest BCUT2D eigenvalue weighted by Gasteiger charge is 2.02. The number of unbranched alkanes of at least 4 members (excludes halogenated alkanes) is 4. The molecule has 0 amide bonds. The van der Waals surface area contributed by atoms with Crippen molar-refractivity contribution >= 4 is 0 Å². The highest BCUT2D eigenvalue weighted by Crippen LogP contribution is 2.20. The van der Waals surface area contributed by atoms with Crippen molar-refractivity contribution in [2.24, 2.45) is 0 Å². The van der Waals surface area contributed by atoms with Crippen LogP contribution >= 0.6 is 0 Å². The summed E-state index contributed by atoms with van der Waals surface area (Å²) in [5.74, 6) is 1.08. The summed E-state index contributed by atoms with van der Waals surface area (Å²) in [6, 6.07) is 8.44. The molecule has 0 saturated heterocycles. The highest BCUT2D eigenvalue weighted by atomic mass is 16.5. The first-order valence-electron chi connectivity index (χ1n) is 7.20. The van der Waals surface area contributed by atoms with Gasteiger partial charge in [-0.05, 0) is 43.7 Å². The fourth-order valence-corrected chi connectivity index (χ4v) is 1.96. The van der Waals surface area contributed by atoms with Gasteiger partial charge in [0, 0.05) is 0 Å². The van der Waals surface area contributed by atoms with Crippen molar-refractivity contribution in [2.45, 2.75) is 51.9 Å². The number of ether oxygens (including phenoxy) is 1. The van der Waals surface area contributed by atoms with Crippen molar-refractivity contribution < 1.29 is 4.74 Å². The molecule has 0 spiro atoms. The fourth-order valence-electron chi connectivity index (χ4n) is 1.96. The normalized spacial score (nSPS) is 10.3. The Balaban J connectivity index is 2.36. The lowest BCUT2D eigenvalue weighted by Crippen LogP contribution is -1.99. The van der Waals surface area contributed by atoms with Crippen LogP contribution in [-0.4, -0.2) is 6.61 Å². The molecule has 1 aromatic rings. The van der Waals surface area contributed by atoms with Gasteiger partial charge in [-0.1, -0.05) is 44.0 Å². The van der Waals surface area contributed by atoms with E-state index >= 15 is 0 Å². The zero-order valence-corrected chi connectivity index (χ0v) is 11.7. The van der Waals surface area contributed by atoms with Crippen molar-refractivity contribution in [3.63, 3.8) is 0 Å². The van der Waals surface area contributed by atoms with Crippen molar-refractivity contribution in [2.75, 3.05) is 6.61 Å². The largest absolute Gasteiger partial charge is 0.493 e. The first-order chi connectivity index (χ1) is 8.88. The predicted molar refractivity (Wildman–Crippen MR) is 79.2 cm³/mol. The van der Waals surface area contributed by atoms with E-state index in [4.69, 9.17) is 4.74 Å². The number of allylic oxidation sites excluding steroid dienone is 1. The molecule has 0 aliphatic rings. The Morgan fingerprint density at radius 3 is 2.72 bits per heavy atom. The Kier molecular flexibility index (Phi) is 8.03. The van der Waals surface area contributed by atoms with E-state index in [-0.39, 0.29) is 0 Å². The van der Waals surface area contributed by atoms with E-state index in [1.54, 1.807) is 0 Å². The summed E-state index contributed by atoms with van der Waals surface area (Å²) < 4.78 is 5.84. The zero-order valence-electron chi connectivity index (χ0n) is 11.7. The molecule has 0 saturated carbocycles. The van der Waals surface area contributed by atoms with Crippen LogP contribution in [0.5, 0.6) is 5.75 Å². The van der Waals surface area contributed by atoms with Crippen LogP contribution in [0.25, 0.3) is 0 Å². The van der Waals surface area contributed by atoms with E-state index < -0.39 is 0 Å². The molecule has 0 aliphatic carbocycles. The monoisotopic (exact) mass is 246 g/mol. The maximum atomic E-state index is 5.84. The molecule has 100 valence electrons. The van der Waals surface area contributed by atoms with E-state index in [0.29, 0.717) is 0 Å². The summed E-state index contributed by atoms with van der Waals surface area (Å²) in [5.41, 5.74) is 1.35. The molecule has 0 fully saturated rings. The fraction of sp³-hybridized carbons (Fsp3) is 0.529. The Hall–Kier alpha value is -1.24. The molecule has 0 aliphatic heterocycles. The second-order valence-electron chi connectivity index (χ2n) is 4.70. The minimum Gasteiger partial charge on any atom is -0.493 e. The third kappa shape index (κ3) is 5.90. The van der Waals surface area contributed by atoms with Crippen LogP contribution in [0.1, 0.15) is 51.0 Å². The molecule has 0 unspecified atom stereocenters. The van der Waals surface area contributed by atoms with Gasteiger partial charge < -0.3 is 4.74 Å². The number of hydrogen-bond donors (Lipinski definition) is 0. The summed E-state index contributed by atoms with van der Waals surface area (Å²) in [6.07, 6.45) is 10.3. The molecule has 0 aromatic heterocycles. The average molecular weight is 246 g/mol. The third-order valence-electron chi connectivity index (χ3n) is 3.08. The van der Waals surface area contributed by atoms with Gasteiger partial charge >= 0.3 is 0 Å². The van der Waals surface area contributed by atoms with Crippen LogP contribution in [0.4, 0.5) is 0 Å². The van der Waals surface area contributed by atoms with Gasteiger partial charge in [0.1, 0.15) is 5.75 Å². The lowest BCUT2D eigenvalue weighted by molar-refractivity contribution is 0.306. The van der Waals surface area contributed by atoms with Gasteiger partial charge in [0.05, 0.1) is 6.61 Å². The molecular weight excluding hydrogens is 220 g/mol. The highest BCUT2D eigenvalue weighted by molar-refractivity contribution is 5.33. The van der Waals surface area contributed by atoms with Gasteiger partial charge in [0.2, 0.25) is 0 Å². The number of rotatable bonds is 10. The lowest BCUT2D eigenvalue weighted by Gasteiger charge is -2.10. The number of para-hydroxylation sites is 1. The van der Waals surface area contributed by atoms with Gasteiger partial charge in [-0.25, -0.2) is 0 Å². The van der Waals surface area contributed by atoms with Crippen molar-refractivity contribution in [3.8, 4) is 5.75 Å². The van der Waals surface area contributed by atoms with E-state index in [2.05, 4.69) is 37.8 Å². The van der Waals surface area contributed by atoms with Crippen LogP contribution in [0, 0.1) is 0 Å². The molecule has 18 heavy (non-hydrogen) atoms. The SMILES string of the molecule is C=CCCCCCc1ccccc1OCCCC.